The van der Waals surface area contributed by atoms with Gasteiger partial charge < -0.3 is 9.73 Å². The molecule has 0 spiro atoms. The zero-order valence-corrected chi connectivity index (χ0v) is 8.75. The predicted molar refractivity (Wildman–Crippen MR) is 59.5 cm³/mol. The van der Waals surface area contributed by atoms with E-state index >= 15 is 0 Å². The molecular formula is C9H8N2O3S. The van der Waals surface area contributed by atoms with Gasteiger partial charge in [-0.05, 0) is 12.1 Å². The molecular weight excluding hydrogens is 216 g/mol. The van der Waals surface area contributed by atoms with Crippen LogP contribution in [0.4, 0.5) is 10.5 Å². The first-order valence-corrected chi connectivity index (χ1v) is 4.62. The average Bonchev–Trinajstić information content (AvgIpc) is 2.41. The van der Waals surface area contributed by atoms with Crippen molar-refractivity contribution >= 4 is 34.7 Å². The van der Waals surface area contributed by atoms with Crippen molar-refractivity contribution in [2.75, 3.05) is 5.32 Å². The van der Waals surface area contributed by atoms with Gasteiger partial charge in [0.15, 0.2) is 5.58 Å². The molecule has 2 aromatic rings. The van der Waals surface area contributed by atoms with Crippen LogP contribution in [-0.4, -0.2) is 9.81 Å². The summed E-state index contributed by atoms with van der Waals surface area (Å²) in [6, 6.07) is 4.94. The van der Waals surface area contributed by atoms with E-state index in [0.717, 1.165) is 0 Å². The van der Waals surface area contributed by atoms with Gasteiger partial charge in [0.25, 0.3) is 5.24 Å². The minimum absolute atomic E-state index is 0.431. The van der Waals surface area contributed by atoms with Gasteiger partial charge in [0.1, 0.15) is 0 Å². The standard InChI is InChI=1S/C9H8N2O3S/c1-11-6-3-2-5(10-8(12)15)4-7(6)14-9(11)13/h2-4H,1H3,(H2,10,12,15). The molecule has 0 aliphatic carbocycles. The van der Waals surface area contributed by atoms with Crippen molar-refractivity contribution in [3.63, 3.8) is 0 Å². The molecule has 78 valence electrons. The average molecular weight is 224 g/mol. The molecule has 1 heterocycles. The number of aromatic nitrogens is 1. The predicted octanol–water partition coefficient (Wildman–Crippen LogP) is 1.59. The molecule has 5 nitrogen and oxygen atoms in total. The SMILES string of the molecule is Cn1c(=O)oc2cc(NC(=O)S)ccc21. The topological polar surface area (TPSA) is 64.2 Å². The Morgan fingerprint density at radius 2 is 2.27 bits per heavy atom. The number of nitrogens with zero attached hydrogens (tertiary/aromatic N) is 1. The molecule has 0 unspecified atom stereocenters. The molecule has 0 saturated carbocycles. The van der Waals surface area contributed by atoms with Crippen molar-refractivity contribution in [2.45, 2.75) is 0 Å². The van der Waals surface area contributed by atoms with Crippen molar-refractivity contribution < 1.29 is 9.21 Å². The third kappa shape index (κ3) is 1.75. The fraction of sp³-hybridized carbons (Fsp3) is 0.111. The van der Waals surface area contributed by atoms with Crippen molar-refractivity contribution in [1.29, 1.82) is 0 Å². The fourth-order valence-electron chi connectivity index (χ4n) is 1.34. The van der Waals surface area contributed by atoms with Crippen LogP contribution in [0.2, 0.25) is 0 Å². The molecule has 1 amide bonds. The van der Waals surface area contributed by atoms with E-state index in [0.29, 0.717) is 16.8 Å². The van der Waals surface area contributed by atoms with Gasteiger partial charge in [-0.25, -0.2) is 4.79 Å². The number of oxazole rings is 1. The van der Waals surface area contributed by atoms with Crippen LogP contribution in [0.1, 0.15) is 0 Å². The molecule has 0 aliphatic rings. The summed E-state index contributed by atoms with van der Waals surface area (Å²) in [5.41, 5.74) is 1.65. The highest BCUT2D eigenvalue weighted by atomic mass is 32.1. The van der Waals surface area contributed by atoms with Gasteiger partial charge in [-0.1, -0.05) is 12.6 Å². The summed E-state index contributed by atoms with van der Waals surface area (Å²) in [6.07, 6.45) is 0. The number of rotatable bonds is 1. The van der Waals surface area contributed by atoms with E-state index < -0.39 is 11.0 Å². The lowest BCUT2D eigenvalue weighted by Crippen LogP contribution is -2.08. The van der Waals surface area contributed by atoms with E-state index in [1.165, 1.54) is 4.57 Å². The van der Waals surface area contributed by atoms with E-state index in [2.05, 4.69) is 17.9 Å². The second kappa shape index (κ2) is 3.47. The largest absolute Gasteiger partial charge is 0.419 e. The maximum Gasteiger partial charge on any atom is 0.419 e. The van der Waals surface area contributed by atoms with E-state index in [1.54, 1.807) is 25.2 Å². The number of carbonyl (C=O) groups excluding carboxylic acids is 1. The van der Waals surface area contributed by atoms with Crippen LogP contribution in [-0.2, 0) is 7.05 Å². The molecule has 0 aliphatic heterocycles. The molecule has 0 fully saturated rings. The number of thiol groups is 1. The van der Waals surface area contributed by atoms with Gasteiger partial charge >= 0.3 is 5.76 Å². The summed E-state index contributed by atoms with van der Waals surface area (Å²) in [7, 11) is 1.62. The van der Waals surface area contributed by atoms with Crippen LogP contribution < -0.4 is 11.1 Å². The van der Waals surface area contributed by atoms with Crippen molar-refractivity contribution in [3.8, 4) is 0 Å². The summed E-state index contributed by atoms with van der Waals surface area (Å²) in [4.78, 5) is 21.8. The summed E-state index contributed by atoms with van der Waals surface area (Å²) >= 11 is 3.58. The first-order chi connectivity index (χ1) is 7.08. The van der Waals surface area contributed by atoms with Crippen LogP contribution in [0.5, 0.6) is 0 Å². The Morgan fingerprint density at radius 3 is 2.93 bits per heavy atom. The molecule has 0 atom stereocenters. The number of hydrogen-bond acceptors (Lipinski definition) is 3. The Kier molecular flexibility index (Phi) is 2.28. The monoisotopic (exact) mass is 224 g/mol. The van der Waals surface area contributed by atoms with Crippen LogP contribution >= 0.6 is 12.6 Å². The Labute approximate surface area is 90.1 Å². The summed E-state index contributed by atoms with van der Waals surface area (Å²) in [5.74, 6) is -0.431. The van der Waals surface area contributed by atoms with Crippen LogP contribution in [0, 0.1) is 0 Å². The zero-order chi connectivity index (χ0) is 11.0. The normalized spacial score (nSPS) is 10.5. The molecule has 1 aromatic heterocycles. The van der Waals surface area contributed by atoms with Crippen LogP contribution in [0.15, 0.2) is 27.4 Å². The molecule has 1 N–H and O–H groups in total. The highest BCUT2D eigenvalue weighted by Gasteiger charge is 2.06. The molecule has 0 bridgehead atoms. The highest BCUT2D eigenvalue weighted by molar-refractivity contribution is 7.96. The lowest BCUT2D eigenvalue weighted by Gasteiger charge is -1.99. The van der Waals surface area contributed by atoms with E-state index in [-0.39, 0.29) is 0 Å². The molecule has 2 rings (SSSR count). The minimum atomic E-state index is -0.465. The third-order valence-electron chi connectivity index (χ3n) is 2.04. The lowest BCUT2D eigenvalue weighted by molar-refractivity contribution is 0.270. The van der Waals surface area contributed by atoms with Crippen molar-refractivity contribution in [3.05, 3.63) is 28.7 Å². The number of nitrogens with one attached hydrogen (secondary N) is 1. The second-order valence-corrected chi connectivity index (χ2v) is 3.45. The van der Waals surface area contributed by atoms with Gasteiger partial charge in [-0.3, -0.25) is 9.36 Å². The first kappa shape index (κ1) is 9.85. The minimum Gasteiger partial charge on any atom is -0.408 e. The molecule has 0 saturated heterocycles. The van der Waals surface area contributed by atoms with Crippen molar-refractivity contribution in [1.82, 2.24) is 4.57 Å². The summed E-state index contributed by atoms with van der Waals surface area (Å²) < 4.78 is 6.34. The van der Waals surface area contributed by atoms with Crippen LogP contribution in [0.3, 0.4) is 0 Å². The van der Waals surface area contributed by atoms with E-state index in [9.17, 15) is 9.59 Å². The Morgan fingerprint density at radius 1 is 1.53 bits per heavy atom. The Bertz CT molecular complexity index is 585. The van der Waals surface area contributed by atoms with Gasteiger partial charge in [0.2, 0.25) is 0 Å². The summed E-state index contributed by atoms with van der Waals surface area (Å²) in [6.45, 7) is 0. The van der Waals surface area contributed by atoms with E-state index in [1.807, 2.05) is 0 Å². The third-order valence-corrected chi connectivity index (χ3v) is 2.16. The number of aryl methyl sites for hydroxylation is 1. The van der Waals surface area contributed by atoms with Crippen molar-refractivity contribution in [2.24, 2.45) is 7.05 Å². The quantitative estimate of drug-likeness (QED) is 0.723. The number of amides is 1. The highest BCUT2D eigenvalue weighted by Crippen LogP contribution is 2.17. The smallest absolute Gasteiger partial charge is 0.408 e. The summed E-state index contributed by atoms with van der Waals surface area (Å²) in [5, 5.41) is 2.01. The van der Waals surface area contributed by atoms with E-state index in [4.69, 9.17) is 4.42 Å². The number of anilines is 1. The van der Waals surface area contributed by atoms with Gasteiger partial charge in [0.05, 0.1) is 5.52 Å². The maximum atomic E-state index is 11.2. The number of fused-ring (bicyclic) bond motifs is 1. The number of benzene rings is 1. The fourth-order valence-corrected chi connectivity index (χ4v) is 1.46. The second-order valence-electron chi connectivity index (χ2n) is 3.04. The molecule has 15 heavy (non-hydrogen) atoms. The molecule has 1 aromatic carbocycles. The van der Waals surface area contributed by atoms with Gasteiger partial charge in [-0.2, -0.15) is 0 Å². The zero-order valence-electron chi connectivity index (χ0n) is 7.85. The Hall–Kier alpha value is -1.69. The Balaban J connectivity index is 2.57. The van der Waals surface area contributed by atoms with Crippen LogP contribution in [0.25, 0.3) is 11.1 Å². The molecule has 0 radical (unpaired) electrons. The number of carbonyl (C=O) groups is 1. The first-order valence-electron chi connectivity index (χ1n) is 4.17. The lowest BCUT2D eigenvalue weighted by atomic mass is 10.3. The maximum absolute atomic E-state index is 11.2. The molecule has 6 heteroatoms. The van der Waals surface area contributed by atoms with Gasteiger partial charge in [0, 0.05) is 18.8 Å². The number of hydrogen-bond donors (Lipinski definition) is 2. The van der Waals surface area contributed by atoms with Gasteiger partial charge in [-0.15, -0.1) is 0 Å².